The first-order chi connectivity index (χ1) is 13.6. The second kappa shape index (κ2) is 5.40. The summed E-state index contributed by atoms with van der Waals surface area (Å²) in [5.74, 6) is 0. The van der Waals surface area contributed by atoms with Gasteiger partial charge in [0.2, 0.25) is 10.9 Å². The highest BCUT2D eigenvalue weighted by molar-refractivity contribution is 9.10. The molecule has 0 saturated carbocycles. The summed E-state index contributed by atoms with van der Waals surface area (Å²) in [6.45, 7) is 0. The molecule has 0 atom stereocenters. The molecule has 0 aliphatic rings. The molecule has 2 nitrogen and oxygen atoms in total. The molecule has 6 aromatic rings. The normalized spacial score (nSPS) is 12.2. The van der Waals surface area contributed by atoms with Crippen LogP contribution in [0.25, 0.3) is 53.9 Å². The van der Waals surface area contributed by atoms with E-state index in [1.807, 2.05) is 36.4 Å². The number of rotatable bonds is 0. The van der Waals surface area contributed by atoms with Gasteiger partial charge in [-0.05, 0) is 59.7 Å². The fraction of sp³-hybridized carbons (Fsp3) is 0. The molecule has 4 heteroatoms. The number of halogens is 2. The summed E-state index contributed by atoms with van der Waals surface area (Å²) in [7, 11) is 0. The second-order valence-electron chi connectivity index (χ2n) is 7.08. The predicted octanol–water partition coefficient (Wildman–Crippen LogP) is 6.46. The van der Waals surface area contributed by atoms with Crippen molar-refractivity contribution < 1.29 is 0 Å². The smallest absolute Gasteiger partial charge is 0.242 e. The molecule has 0 saturated heterocycles. The minimum atomic E-state index is -0.601. The lowest BCUT2D eigenvalue weighted by Gasteiger charge is -2.17. The Balaban J connectivity index is 2.20. The van der Waals surface area contributed by atoms with E-state index in [4.69, 9.17) is 11.6 Å². The molecule has 0 amide bonds. The molecule has 6 rings (SSSR count). The molecule has 6 aromatic carbocycles. The molecule has 0 aliphatic carbocycles. The Morgan fingerprint density at radius 2 is 1.32 bits per heavy atom. The summed E-state index contributed by atoms with van der Waals surface area (Å²) in [4.78, 5) is 25.8. The standard InChI is InChI=1S/C24H10BrClO2/c25-21-22(26)19-15-7-3-5-11-8-9-13-10-12-4-1-2-6-14(12)18(17(13)16(11)15)20(19)23(27)24(21)28/h1-10H. The number of hydrogen-bond donors (Lipinski definition) is 0. The molecule has 0 heterocycles. The van der Waals surface area contributed by atoms with Crippen LogP contribution in [0.2, 0.25) is 5.02 Å². The second-order valence-corrected chi connectivity index (χ2v) is 8.25. The third-order valence-corrected chi connectivity index (χ3v) is 7.05. The first kappa shape index (κ1) is 16.2. The van der Waals surface area contributed by atoms with Crippen molar-refractivity contribution >= 4 is 81.4 Å². The van der Waals surface area contributed by atoms with E-state index in [0.29, 0.717) is 15.8 Å². The molecule has 0 N–H and O–H groups in total. The van der Waals surface area contributed by atoms with Crippen LogP contribution in [0.1, 0.15) is 0 Å². The largest absolute Gasteiger partial charge is 0.285 e. The van der Waals surface area contributed by atoms with Crippen molar-refractivity contribution in [2.45, 2.75) is 0 Å². The summed E-state index contributed by atoms with van der Waals surface area (Å²) in [6, 6.07) is 20.2. The molecule has 0 radical (unpaired) electrons. The van der Waals surface area contributed by atoms with Crippen molar-refractivity contribution in [3.8, 4) is 0 Å². The van der Waals surface area contributed by atoms with Crippen molar-refractivity contribution in [1.29, 1.82) is 0 Å². The maximum atomic E-state index is 13.2. The zero-order chi connectivity index (χ0) is 19.2. The van der Waals surface area contributed by atoms with E-state index >= 15 is 0 Å². The van der Waals surface area contributed by atoms with Crippen LogP contribution in [0.15, 0.2) is 74.7 Å². The van der Waals surface area contributed by atoms with Gasteiger partial charge in [0, 0.05) is 16.2 Å². The van der Waals surface area contributed by atoms with Gasteiger partial charge in [-0.1, -0.05) is 66.2 Å². The van der Waals surface area contributed by atoms with Gasteiger partial charge in [0.1, 0.15) is 0 Å². The van der Waals surface area contributed by atoms with E-state index in [1.54, 1.807) is 0 Å². The quantitative estimate of drug-likeness (QED) is 0.153. The van der Waals surface area contributed by atoms with E-state index in [-0.39, 0.29) is 4.47 Å². The first-order valence-corrected chi connectivity index (χ1v) is 10.0. The van der Waals surface area contributed by atoms with Gasteiger partial charge in [-0.2, -0.15) is 0 Å². The molecular weight excluding hydrogens is 436 g/mol. The molecule has 132 valence electrons. The Morgan fingerprint density at radius 3 is 2.18 bits per heavy atom. The van der Waals surface area contributed by atoms with E-state index < -0.39 is 10.9 Å². The Kier molecular flexibility index (Phi) is 3.13. The molecule has 0 spiro atoms. The van der Waals surface area contributed by atoms with Crippen molar-refractivity contribution in [1.82, 2.24) is 0 Å². The summed E-state index contributed by atoms with van der Waals surface area (Å²) in [6.07, 6.45) is 0. The van der Waals surface area contributed by atoms with Crippen LogP contribution in [-0.4, -0.2) is 0 Å². The summed E-state index contributed by atoms with van der Waals surface area (Å²) >= 11 is 9.88. The maximum absolute atomic E-state index is 13.2. The van der Waals surface area contributed by atoms with Crippen LogP contribution in [0, 0.1) is 0 Å². The number of benzene rings is 6. The van der Waals surface area contributed by atoms with E-state index in [1.165, 1.54) is 0 Å². The summed E-state index contributed by atoms with van der Waals surface area (Å²) in [5, 5.41) is 9.23. The maximum Gasteiger partial charge on any atom is 0.242 e. The average Bonchev–Trinajstić information content (AvgIpc) is 2.73. The fourth-order valence-electron chi connectivity index (χ4n) is 4.54. The van der Waals surface area contributed by atoms with Crippen LogP contribution in [0.5, 0.6) is 0 Å². The lowest BCUT2D eigenvalue weighted by molar-refractivity contribution is 1.51. The van der Waals surface area contributed by atoms with E-state index in [9.17, 15) is 9.59 Å². The zero-order valence-electron chi connectivity index (χ0n) is 14.3. The molecule has 0 aliphatic heterocycles. The highest BCUT2D eigenvalue weighted by atomic mass is 79.9. The third kappa shape index (κ3) is 1.83. The molecule has 0 aromatic heterocycles. The van der Waals surface area contributed by atoms with Crippen LogP contribution in [0.4, 0.5) is 0 Å². The highest BCUT2D eigenvalue weighted by Gasteiger charge is 2.22. The van der Waals surface area contributed by atoms with Crippen molar-refractivity contribution in [2.24, 2.45) is 0 Å². The molecule has 0 bridgehead atoms. The third-order valence-electron chi connectivity index (χ3n) is 5.68. The van der Waals surface area contributed by atoms with Crippen molar-refractivity contribution in [3.63, 3.8) is 0 Å². The highest BCUT2D eigenvalue weighted by Crippen LogP contribution is 2.45. The minimum absolute atomic E-state index is 0.130. The average molecular weight is 446 g/mol. The van der Waals surface area contributed by atoms with Gasteiger partial charge in [-0.3, -0.25) is 9.59 Å². The van der Waals surface area contributed by atoms with Gasteiger partial charge >= 0.3 is 0 Å². The molecule has 28 heavy (non-hydrogen) atoms. The van der Waals surface area contributed by atoms with Gasteiger partial charge in [-0.25, -0.2) is 0 Å². The van der Waals surface area contributed by atoms with Gasteiger partial charge in [0.05, 0.1) is 9.50 Å². The minimum Gasteiger partial charge on any atom is -0.285 e. The molecule has 0 fully saturated rings. The van der Waals surface area contributed by atoms with Gasteiger partial charge < -0.3 is 0 Å². The monoisotopic (exact) mass is 444 g/mol. The SMILES string of the molecule is O=c1c(Br)c(Cl)c2c3cccc4ccc5cc6ccccc6c(c2c1=O)c5c43. The van der Waals surface area contributed by atoms with Crippen LogP contribution in [-0.2, 0) is 0 Å². The predicted molar refractivity (Wildman–Crippen MR) is 122 cm³/mol. The van der Waals surface area contributed by atoms with Crippen molar-refractivity contribution in [2.75, 3.05) is 0 Å². The Labute approximate surface area is 171 Å². The number of hydrogen-bond acceptors (Lipinski definition) is 2. The first-order valence-electron chi connectivity index (χ1n) is 8.85. The van der Waals surface area contributed by atoms with Gasteiger partial charge in [0.15, 0.2) is 0 Å². The van der Waals surface area contributed by atoms with Crippen molar-refractivity contribution in [3.05, 3.63) is 90.6 Å². The lowest BCUT2D eigenvalue weighted by atomic mass is 9.86. The molecule has 0 unspecified atom stereocenters. The Hall–Kier alpha value is -2.75. The summed E-state index contributed by atoms with van der Waals surface area (Å²) in [5.41, 5.74) is -1.12. The van der Waals surface area contributed by atoms with Crippen LogP contribution in [0.3, 0.4) is 0 Å². The van der Waals surface area contributed by atoms with Gasteiger partial charge in [0.25, 0.3) is 0 Å². The van der Waals surface area contributed by atoms with Crippen LogP contribution >= 0.6 is 27.5 Å². The lowest BCUT2D eigenvalue weighted by Crippen LogP contribution is -2.25. The Bertz CT molecular complexity index is 1720. The zero-order valence-corrected chi connectivity index (χ0v) is 16.7. The van der Waals surface area contributed by atoms with Gasteiger partial charge in [-0.15, -0.1) is 0 Å². The van der Waals surface area contributed by atoms with Crippen LogP contribution < -0.4 is 10.9 Å². The summed E-state index contributed by atoms with van der Waals surface area (Å²) < 4.78 is 0.130. The topological polar surface area (TPSA) is 34.1 Å². The Morgan fingerprint density at radius 1 is 0.607 bits per heavy atom. The van der Waals surface area contributed by atoms with E-state index in [2.05, 4.69) is 40.2 Å². The molecular formula is C24H10BrClO2. The fourth-order valence-corrected chi connectivity index (χ4v) is 5.20. The van der Waals surface area contributed by atoms with E-state index in [0.717, 1.165) is 43.1 Å². The number of fused-ring (bicyclic) bond motifs is 5.